The number of carbonyl (C=O) groups excluding carboxylic acids is 1. The summed E-state index contributed by atoms with van der Waals surface area (Å²) in [7, 11) is 2.12. The molecule has 0 spiro atoms. The lowest BCUT2D eigenvalue weighted by atomic mass is 9.89. The number of furan rings is 1. The van der Waals surface area contributed by atoms with Gasteiger partial charge < -0.3 is 19.4 Å². The number of halogens is 1. The van der Waals surface area contributed by atoms with Gasteiger partial charge in [0.1, 0.15) is 33.4 Å². The summed E-state index contributed by atoms with van der Waals surface area (Å²) in [4.78, 5) is 17.7. The number of nitrogens with one attached hydrogen (secondary N) is 2. The average molecular weight is 614 g/mol. The monoisotopic (exact) mass is 613 g/mol. The van der Waals surface area contributed by atoms with Crippen molar-refractivity contribution in [2.75, 3.05) is 44.3 Å². The smallest absolute Gasteiger partial charge is 0.255 e. The van der Waals surface area contributed by atoms with Gasteiger partial charge in [0, 0.05) is 68.9 Å². The van der Waals surface area contributed by atoms with E-state index in [1.54, 1.807) is 44.3 Å². The van der Waals surface area contributed by atoms with Crippen molar-refractivity contribution in [3.63, 3.8) is 0 Å². The van der Waals surface area contributed by atoms with Crippen molar-refractivity contribution in [1.29, 1.82) is 5.41 Å². The van der Waals surface area contributed by atoms with Gasteiger partial charge in [0.2, 0.25) is 0 Å². The van der Waals surface area contributed by atoms with Crippen LogP contribution in [0.5, 0.6) is 0 Å². The maximum absolute atomic E-state index is 13.7. The van der Waals surface area contributed by atoms with Crippen LogP contribution in [-0.4, -0.2) is 71.6 Å². The number of rotatable bonds is 11. The van der Waals surface area contributed by atoms with E-state index in [9.17, 15) is 13.4 Å². The van der Waals surface area contributed by atoms with Gasteiger partial charge in [-0.15, -0.1) is 0 Å². The third-order valence-electron chi connectivity index (χ3n) is 7.44. The van der Waals surface area contributed by atoms with E-state index in [0.29, 0.717) is 59.1 Å². The van der Waals surface area contributed by atoms with Gasteiger partial charge in [-0.3, -0.25) is 9.79 Å². The third-order valence-corrected chi connectivity index (χ3v) is 9.94. The number of nitrogens with zero attached hydrogens (tertiary/aromatic N) is 3. The fourth-order valence-electron chi connectivity index (χ4n) is 5.20. The minimum atomic E-state index is -1.44. The molecule has 1 aromatic heterocycles. The van der Waals surface area contributed by atoms with Gasteiger partial charge in [0.05, 0.1) is 11.3 Å². The van der Waals surface area contributed by atoms with Crippen molar-refractivity contribution in [3.8, 4) is 11.3 Å². The molecular weight excluding hydrogens is 574 g/mol. The van der Waals surface area contributed by atoms with E-state index < -0.39 is 16.2 Å². The molecule has 11 heteroatoms. The van der Waals surface area contributed by atoms with Crippen molar-refractivity contribution in [2.45, 2.75) is 44.8 Å². The Morgan fingerprint density at radius 3 is 2.67 bits per heavy atom. The molecular formula is C31H40FN5O3S2. The molecule has 1 fully saturated rings. The van der Waals surface area contributed by atoms with E-state index in [4.69, 9.17) is 9.83 Å². The van der Waals surface area contributed by atoms with Crippen LogP contribution in [0.4, 0.5) is 10.1 Å². The molecule has 3 atom stereocenters. The molecule has 2 N–H and O–H groups in total. The molecule has 1 saturated heterocycles. The van der Waals surface area contributed by atoms with Crippen LogP contribution in [-0.2, 0) is 11.0 Å². The quantitative estimate of drug-likeness (QED) is 0.196. The van der Waals surface area contributed by atoms with Gasteiger partial charge in [-0.1, -0.05) is 25.8 Å². The highest BCUT2D eigenvalue weighted by molar-refractivity contribution is 7.99. The summed E-state index contributed by atoms with van der Waals surface area (Å²) in [5, 5.41) is 11.1. The van der Waals surface area contributed by atoms with E-state index >= 15 is 0 Å². The number of hydrogen-bond acceptors (Lipinski definition) is 7. The molecule has 1 aliphatic heterocycles. The molecule has 0 aliphatic carbocycles. The number of piperidine rings is 1. The molecule has 3 aromatic rings. The Hall–Kier alpha value is -3.02. The number of carbonyl (C=O) groups is 1. The Labute approximate surface area is 254 Å². The summed E-state index contributed by atoms with van der Waals surface area (Å²) in [6, 6.07) is 9.90. The van der Waals surface area contributed by atoms with Crippen molar-refractivity contribution in [2.24, 2.45) is 10.9 Å². The van der Waals surface area contributed by atoms with Crippen LogP contribution in [0, 0.1) is 17.1 Å². The van der Waals surface area contributed by atoms with Gasteiger partial charge in [-0.05, 0) is 67.5 Å². The Kier molecular flexibility index (Phi) is 10.6. The van der Waals surface area contributed by atoms with Crippen LogP contribution < -0.4 is 9.62 Å². The van der Waals surface area contributed by atoms with E-state index in [0.717, 1.165) is 24.1 Å². The van der Waals surface area contributed by atoms with Crippen LogP contribution in [0.15, 0.2) is 45.8 Å². The highest BCUT2D eigenvalue weighted by atomic mass is 32.2. The van der Waals surface area contributed by atoms with Crippen molar-refractivity contribution in [1.82, 2.24) is 9.62 Å². The zero-order valence-electron chi connectivity index (χ0n) is 25.1. The molecule has 2 heterocycles. The van der Waals surface area contributed by atoms with Crippen molar-refractivity contribution >= 4 is 57.4 Å². The molecule has 0 saturated carbocycles. The largest absolute Gasteiger partial charge is 0.455 e. The van der Waals surface area contributed by atoms with Gasteiger partial charge in [0.15, 0.2) is 0 Å². The second kappa shape index (κ2) is 14.0. The number of anilines is 1. The van der Waals surface area contributed by atoms with Crippen molar-refractivity contribution in [3.05, 3.63) is 53.3 Å². The zero-order valence-corrected chi connectivity index (χ0v) is 26.7. The predicted octanol–water partition coefficient (Wildman–Crippen LogP) is 6.29. The topological polar surface area (TPSA) is 102 Å². The van der Waals surface area contributed by atoms with E-state index in [1.165, 1.54) is 12.1 Å². The minimum Gasteiger partial charge on any atom is -0.455 e. The summed E-state index contributed by atoms with van der Waals surface area (Å²) < 4.78 is 37.7. The molecule has 0 bridgehead atoms. The number of amides is 1. The van der Waals surface area contributed by atoms with E-state index in [2.05, 4.69) is 28.5 Å². The fourth-order valence-corrected chi connectivity index (χ4v) is 7.01. The summed E-state index contributed by atoms with van der Waals surface area (Å²) in [6.45, 7) is 7.69. The average Bonchev–Trinajstić information content (AvgIpc) is 3.36. The van der Waals surface area contributed by atoms with Crippen LogP contribution >= 0.6 is 11.9 Å². The predicted molar refractivity (Wildman–Crippen MR) is 174 cm³/mol. The summed E-state index contributed by atoms with van der Waals surface area (Å²) in [6.07, 6.45) is 5.41. The number of benzene rings is 2. The van der Waals surface area contributed by atoms with E-state index in [-0.39, 0.29) is 17.6 Å². The molecule has 226 valence electrons. The molecule has 8 nitrogen and oxygen atoms in total. The zero-order chi connectivity index (χ0) is 30.6. The SMILES string of the molecule is CNC(=O)c1c(-c2ccc(F)cc2)oc2cc(N(C)SC)c(C3CCCN(S(=O)C(C=NCC(C)C)C(C)=N)C3)cc12. The van der Waals surface area contributed by atoms with E-state index in [1.807, 2.05) is 29.7 Å². The first kappa shape index (κ1) is 31.9. The van der Waals surface area contributed by atoms with Crippen LogP contribution in [0.25, 0.3) is 22.3 Å². The molecule has 1 amide bonds. The van der Waals surface area contributed by atoms with Gasteiger partial charge in [-0.2, -0.15) is 0 Å². The highest BCUT2D eigenvalue weighted by Gasteiger charge is 2.32. The molecule has 1 aliphatic rings. The van der Waals surface area contributed by atoms with Gasteiger partial charge in [0.25, 0.3) is 5.91 Å². The third kappa shape index (κ3) is 6.95. The Morgan fingerprint density at radius 1 is 1.33 bits per heavy atom. The standard InChI is InChI=1S/C31H40FN5O3S2/c1-19(2)16-35-17-28(20(3)33)42(39)37-13-7-8-22(18-37)24-14-25-27(15-26(24)36(5)41-6)40-30(29(25)31(38)34-4)21-9-11-23(32)12-10-21/h9-12,14-15,17,19,22,28,33H,7-8,13,16,18H2,1-6H3,(H,34,38). The molecule has 4 rings (SSSR count). The lowest BCUT2D eigenvalue weighted by molar-refractivity contribution is 0.0964. The molecule has 0 radical (unpaired) electrons. The Balaban J connectivity index is 1.77. The Morgan fingerprint density at radius 2 is 2.05 bits per heavy atom. The summed E-state index contributed by atoms with van der Waals surface area (Å²) >= 11 is 1.56. The van der Waals surface area contributed by atoms with Crippen LogP contribution in [0.1, 0.15) is 55.5 Å². The Bertz CT molecular complexity index is 1490. The summed E-state index contributed by atoms with van der Waals surface area (Å²) in [5.41, 5.74) is 3.89. The highest BCUT2D eigenvalue weighted by Crippen LogP contribution is 2.42. The number of hydrogen-bond donors (Lipinski definition) is 2. The maximum Gasteiger partial charge on any atom is 0.255 e. The van der Waals surface area contributed by atoms with Crippen LogP contribution in [0.3, 0.4) is 0 Å². The molecule has 2 aromatic carbocycles. The minimum absolute atomic E-state index is 0.0395. The first-order valence-electron chi connectivity index (χ1n) is 14.1. The van der Waals surface area contributed by atoms with Crippen LogP contribution in [0.2, 0.25) is 0 Å². The van der Waals surface area contributed by atoms with Crippen molar-refractivity contribution < 1.29 is 17.8 Å². The molecule has 42 heavy (non-hydrogen) atoms. The number of fused-ring (bicyclic) bond motifs is 1. The summed E-state index contributed by atoms with van der Waals surface area (Å²) in [5.74, 6) is 0.150. The second-order valence-corrected chi connectivity index (χ2v) is 13.5. The normalized spacial score (nSPS) is 17.6. The maximum atomic E-state index is 13.7. The van der Waals surface area contributed by atoms with Gasteiger partial charge in [-0.25, -0.2) is 12.9 Å². The lowest BCUT2D eigenvalue weighted by Gasteiger charge is -2.35. The van der Waals surface area contributed by atoms with Gasteiger partial charge >= 0.3 is 0 Å². The lowest BCUT2D eigenvalue weighted by Crippen LogP contribution is -2.42. The molecule has 3 unspecified atom stereocenters. The second-order valence-electron chi connectivity index (χ2n) is 11.0. The fraction of sp³-hybridized carbons (Fsp3) is 0.452. The first-order chi connectivity index (χ1) is 20.0. The number of aliphatic imine (C=N–C) groups is 1. The first-order valence-corrected chi connectivity index (χ1v) is 16.5.